The maximum absolute atomic E-state index is 3.60. The van der Waals surface area contributed by atoms with Crippen molar-refractivity contribution in [2.45, 2.75) is 39.2 Å². The van der Waals surface area contributed by atoms with Crippen molar-refractivity contribution in [2.24, 2.45) is 5.92 Å². The molecule has 1 heteroatoms. The second kappa shape index (κ2) is 4.80. The Labute approximate surface area is 92.9 Å². The highest BCUT2D eigenvalue weighted by atomic mass is 14.9. The second-order valence-electron chi connectivity index (χ2n) is 4.67. The Balaban J connectivity index is 1.88. The first-order chi connectivity index (χ1) is 7.29. The fraction of sp³-hybridized carbons (Fsp3) is 0.571. The minimum absolute atomic E-state index is 0.497. The van der Waals surface area contributed by atoms with E-state index in [9.17, 15) is 0 Å². The summed E-state index contributed by atoms with van der Waals surface area (Å²) in [4.78, 5) is 0. The Kier molecular flexibility index (Phi) is 3.42. The average Bonchev–Trinajstić information content (AvgIpc) is 3.10. The minimum Gasteiger partial charge on any atom is -0.310 e. The molecule has 0 saturated heterocycles. The first-order valence-electron chi connectivity index (χ1n) is 6.12. The summed E-state index contributed by atoms with van der Waals surface area (Å²) in [5.41, 5.74) is 2.83. The molecule has 0 radical (unpaired) electrons. The molecule has 1 N–H and O–H groups in total. The van der Waals surface area contributed by atoms with Crippen LogP contribution in [0.3, 0.4) is 0 Å². The molecule has 2 rings (SSSR count). The van der Waals surface area contributed by atoms with Gasteiger partial charge in [-0.05, 0) is 49.8 Å². The van der Waals surface area contributed by atoms with Crippen LogP contribution < -0.4 is 5.32 Å². The number of rotatable bonds is 5. The SMILES string of the molecule is CCc1ccc(C(C)NCC2CC2)cc1. The molecule has 1 aromatic carbocycles. The standard InChI is InChI=1S/C14H21N/c1-3-12-6-8-14(9-7-12)11(2)15-10-13-4-5-13/h6-9,11,13,15H,3-5,10H2,1-2H3. The van der Waals surface area contributed by atoms with Gasteiger partial charge in [-0.3, -0.25) is 0 Å². The summed E-state index contributed by atoms with van der Waals surface area (Å²) in [6.07, 6.45) is 3.98. The van der Waals surface area contributed by atoms with Crippen molar-refractivity contribution >= 4 is 0 Å². The fourth-order valence-electron chi connectivity index (χ4n) is 1.83. The number of benzene rings is 1. The van der Waals surface area contributed by atoms with Crippen LogP contribution in [-0.2, 0) is 6.42 Å². The van der Waals surface area contributed by atoms with Crippen molar-refractivity contribution < 1.29 is 0 Å². The zero-order chi connectivity index (χ0) is 10.7. The quantitative estimate of drug-likeness (QED) is 0.774. The van der Waals surface area contributed by atoms with E-state index in [1.165, 1.54) is 30.5 Å². The third-order valence-electron chi connectivity index (χ3n) is 3.30. The van der Waals surface area contributed by atoms with E-state index in [4.69, 9.17) is 0 Å². The Hall–Kier alpha value is -0.820. The molecule has 1 nitrogen and oxygen atoms in total. The molecule has 82 valence electrons. The zero-order valence-corrected chi connectivity index (χ0v) is 9.79. The molecule has 0 aromatic heterocycles. The maximum atomic E-state index is 3.60. The third-order valence-corrected chi connectivity index (χ3v) is 3.30. The Morgan fingerprint density at radius 3 is 2.47 bits per heavy atom. The van der Waals surface area contributed by atoms with Crippen molar-refractivity contribution in [1.29, 1.82) is 0 Å². The van der Waals surface area contributed by atoms with E-state index in [-0.39, 0.29) is 0 Å². The van der Waals surface area contributed by atoms with Gasteiger partial charge >= 0.3 is 0 Å². The average molecular weight is 203 g/mol. The predicted octanol–water partition coefficient (Wildman–Crippen LogP) is 3.31. The van der Waals surface area contributed by atoms with Crippen molar-refractivity contribution in [3.05, 3.63) is 35.4 Å². The first-order valence-corrected chi connectivity index (χ1v) is 6.12. The van der Waals surface area contributed by atoms with Crippen LogP contribution in [0.5, 0.6) is 0 Å². The number of nitrogens with one attached hydrogen (secondary N) is 1. The molecule has 1 saturated carbocycles. The minimum atomic E-state index is 0.497. The molecule has 0 spiro atoms. The lowest BCUT2D eigenvalue weighted by Gasteiger charge is -2.14. The first kappa shape index (κ1) is 10.7. The molecule has 1 aliphatic carbocycles. The topological polar surface area (TPSA) is 12.0 Å². The normalized spacial score (nSPS) is 17.7. The second-order valence-corrected chi connectivity index (χ2v) is 4.67. The molecule has 0 amide bonds. The highest BCUT2D eigenvalue weighted by Crippen LogP contribution is 2.28. The van der Waals surface area contributed by atoms with Crippen molar-refractivity contribution in [3.8, 4) is 0 Å². The van der Waals surface area contributed by atoms with Gasteiger partial charge in [-0.25, -0.2) is 0 Å². The predicted molar refractivity (Wildman–Crippen MR) is 65.0 cm³/mol. The monoisotopic (exact) mass is 203 g/mol. The van der Waals surface area contributed by atoms with Crippen LogP contribution in [0.1, 0.15) is 43.9 Å². The van der Waals surface area contributed by atoms with Crippen LogP contribution in [0.4, 0.5) is 0 Å². The maximum Gasteiger partial charge on any atom is 0.0291 e. The fourth-order valence-corrected chi connectivity index (χ4v) is 1.83. The van der Waals surface area contributed by atoms with E-state index in [1.54, 1.807) is 0 Å². The lowest BCUT2D eigenvalue weighted by molar-refractivity contribution is 0.549. The summed E-state index contributed by atoms with van der Waals surface area (Å²) in [5.74, 6) is 0.961. The van der Waals surface area contributed by atoms with Gasteiger partial charge in [0.2, 0.25) is 0 Å². The van der Waals surface area contributed by atoms with Gasteiger partial charge in [-0.15, -0.1) is 0 Å². The lowest BCUT2D eigenvalue weighted by Crippen LogP contribution is -2.20. The molecule has 1 atom stereocenters. The molecule has 1 aliphatic rings. The van der Waals surface area contributed by atoms with Gasteiger partial charge in [0.25, 0.3) is 0 Å². The van der Waals surface area contributed by atoms with Gasteiger partial charge in [0.1, 0.15) is 0 Å². The van der Waals surface area contributed by atoms with E-state index in [2.05, 4.69) is 43.4 Å². The van der Waals surface area contributed by atoms with E-state index in [0.29, 0.717) is 6.04 Å². The van der Waals surface area contributed by atoms with Crippen molar-refractivity contribution in [3.63, 3.8) is 0 Å². The van der Waals surface area contributed by atoms with Crippen LogP contribution in [0.15, 0.2) is 24.3 Å². The zero-order valence-electron chi connectivity index (χ0n) is 9.79. The van der Waals surface area contributed by atoms with Gasteiger partial charge in [0.15, 0.2) is 0 Å². The molecular formula is C14H21N. The van der Waals surface area contributed by atoms with Crippen LogP contribution in [-0.4, -0.2) is 6.54 Å². The van der Waals surface area contributed by atoms with E-state index >= 15 is 0 Å². The summed E-state index contributed by atoms with van der Waals surface area (Å²) in [6.45, 7) is 5.64. The summed E-state index contributed by atoms with van der Waals surface area (Å²) < 4.78 is 0. The van der Waals surface area contributed by atoms with Gasteiger partial charge in [0.05, 0.1) is 0 Å². The molecule has 0 aliphatic heterocycles. The summed E-state index contributed by atoms with van der Waals surface area (Å²) in [7, 11) is 0. The lowest BCUT2D eigenvalue weighted by atomic mass is 10.0. The Morgan fingerprint density at radius 1 is 1.27 bits per heavy atom. The molecule has 0 bridgehead atoms. The van der Waals surface area contributed by atoms with Crippen molar-refractivity contribution in [1.82, 2.24) is 5.32 Å². The van der Waals surface area contributed by atoms with Gasteiger partial charge in [0, 0.05) is 6.04 Å². The molecule has 1 aromatic rings. The van der Waals surface area contributed by atoms with E-state index in [1.807, 2.05) is 0 Å². The smallest absolute Gasteiger partial charge is 0.0291 e. The Bertz CT molecular complexity index is 298. The highest BCUT2D eigenvalue weighted by molar-refractivity contribution is 5.24. The van der Waals surface area contributed by atoms with Crippen LogP contribution in [0.2, 0.25) is 0 Å². The Morgan fingerprint density at radius 2 is 1.93 bits per heavy atom. The summed E-state index contributed by atoms with van der Waals surface area (Å²) in [5, 5.41) is 3.60. The molecule has 1 unspecified atom stereocenters. The van der Waals surface area contributed by atoms with Gasteiger partial charge < -0.3 is 5.32 Å². The number of hydrogen-bond acceptors (Lipinski definition) is 1. The highest BCUT2D eigenvalue weighted by Gasteiger charge is 2.21. The summed E-state index contributed by atoms with van der Waals surface area (Å²) in [6, 6.07) is 9.48. The van der Waals surface area contributed by atoms with E-state index in [0.717, 1.165) is 12.3 Å². The van der Waals surface area contributed by atoms with E-state index < -0.39 is 0 Å². The molecule has 15 heavy (non-hydrogen) atoms. The van der Waals surface area contributed by atoms with Crippen molar-refractivity contribution in [2.75, 3.05) is 6.54 Å². The molecule has 1 fully saturated rings. The van der Waals surface area contributed by atoms with Gasteiger partial charge in [-0.2, -0.15) is 0 Å². The molecular weight excluding hydrogens is 182 g/mol. The van der Waals surface area contributed by atoms with Crippen LogP contribution in [0, 0.1) is 5.92 Å². The van der Waals surface area contributed by atoms with Gasteiger partial charge in [-0.1, -0.05) is 31.2 Å². The summed E-state index contributed by atoms with van der Waals surface area (Å²) >= 11 is 0. The third kappa shape index (κ3) is 3.07. The molecule has 0 heterocycles. The number of hydrogen-bond donors (Lipinski definition) is 1. The van der Waals surface area contributed by atoms with Crippen LogP contribution in [0.25, 0.3) is 0 Å². The largest absolute Gasteiger partial charge is 0.310 e. The number of aryl methyl sites for hydroxylation is 1. The van der Waals surface area contributed by atoms with Crippen LogP contribution >= 0.6 is 0 Å².